The number of amidine groups is 1. The molecule has 0 heterocycles. The van der Waals surface area contributed by atoms with Gasteiger partial charge in [-0.05, 0) is 18.2 Å². The Morgan fingerprint density at radius 1 is 1.35 bits per heavy atom. The van der Waals surface area contributed by atoms with E-state index in [4.69, 9.17) is 10.9 Å². The lowest BCUT2D eigenvalue weighted by molar-refractivity contribution is 0.0954. The molecule has 0 aliphatic heterocycles. The SMILES string of the molecule is N/C(CCNC(=O)c1cc(Br)cc(Br)c1)=N/O. The molecule has 1 aromatic carbocycles. The minimum atomic E-state index is -0.210. The van der Waals surface area contributed by atoms with Gasteiger partial charge in [-0.15, -0.1) is 0 Å². The third-order valence-electron chi connectivity index (χ3n) is 1.92. The molecule has 0 atom stereocenters. The lowest BCUT2D eigenvalue weighted by atomic mass is 10.2. The highest BCUT2D eigenvalue weighted by Crippen LogP contribution is 2.19. The van der Waals surface area contributed by atoms with Gasteiger partial charge in [-0.1, -0.05) is 37.0 Å². The summed E-state index contributed by atoms with van der Waals surface area (Å²) >= 11 is 6.60. The zero-order valence-electron chi connectivity index (χ0n) is 8.78. The van der Waals surface area contributed by atoms with Gasteiger partial charge in [-0.25, -0.2) is 0 Å². The van der Waals surface area contributed by atoms with Crippen molar-refractivity contribution in [3.63, 3.8) is 0 Å². The summed E-state index contributed by atoms with van der Waals surface area (Å²) in [4.78, 5) is 11.7. The molecule has 5 nitrogen and oxygen atoms in total. The average Bonchev–Trinajstić information content (AvgIpc) is 2.27. The molecule has 0 spiro atoms. The summed E-state index contributed by atoms with van der Waals surface area (Å²) in [6, 6.07) is 5.26. The Balaban J connectivity index is 2.58. The van der Waals surface area contributed by atoms with Gasteiger partial charge >= 0.3 is 0 Å². The van der Waals surface area contributed by atoms with Crippen molar-refractivity contribution in [3.8, 4) is 0 Å². The molecular formula is C10H11Br2N3O2. The number of hydrogen-bond acceptors (Lipinski definition) is 3. The highest BCUT2D eigenvalue weighted by molar-refractivity contribution is 9.11. The van der Waals surface area contributed by atoms with E-state index in [1.807, 2.05) is 6.07 Å². The van der Waals surface area contributed by atoms with Crippen molar-refractivity contribution in [1.29, 1.82) is 0 Å². The fourth-order valence-corrected chi connectivity index (χ4v) is 2.43. The predicted octanol–water partition coefficient (Wildman–Crippen LogP) is 2.08. The Bertz CT molecular complexity index is 429. The van der Waals surface area contributed by atoms with E-state index in [-0.39, 0.29) is 11.7 Å². The van der Waals surface area contributed by atoms with Crippen LogP contribution in [-0.2, 0) is 0 Å². The Morgan fingerprint density at radius 3 is 2.47 bits per heavy atom. The highest BCUT2D eigenvalue weighted by atomic mass is 79.9. The molecule has 1 rings (SSSR count). The van der Waals surface area contributed by atoms with E-state index in [1.54, 1.807) is 12.1 Å². The van der Waals surface area contributed by atoms with Crippen molar-refractivity contribution >= 4 is 43.6 Å². The van der Waals surface area contributed by atoms with Crippen molar-refractivity contribution in [2.45, 2.75) is 6.42 Å². The molecule has 0 aliphatic rings. The molecule has 17 heavy (non-hydrogen) atoms. The van der Waals surface area contributed by atoms with Gasteiger partial charge in [0.1, 0.15) is 5.84 Å². The number of amides is 1. The smallest absolute Gasteiger partial charge is 0.251 e. The molecule has 1 amide bonds. The van der Waals surface area contributed by atoms with Crippen LogP contribution in [0, 0.1) is 0 Å². The second-order valence-corrected chi connectivity index (χ2v) is 5.09. The Hall–Kier alpha value is -1.08. The fraction of sp³-hybridized carbons (Fsp3) is 0.200. The van der Waals surface area contributed by atoms with Crippen molar-refractivity contribution in [2.24, 2.45) is 10.9 Å². The number of nitrogens with two attached hydrogens (primary N) is 1. The van der Waals surface area contributed by atoms with Crippen molar-refractivity contribution in [2.75, 3.05) is 6.54 Å². The molecular weight excluding hydrogens is 354 g/mol. The lowest BCUT2D eigenvalue weighted by Gasteiger charge is -2.05. The van der Waals surface area contributed by atoms with Crippen LogP contribution in [0.25, 0.3) is 0 Å². The van der Waals surface area contributed by atoms with Crippen LogP contribution in [0.2, 0.25) is 0 Å². The number of carbonyl (C=O) groups is 1. The van der Waals surface area contributed by atoms with Gasteiger partial charge in [0, 0.05) is 27.5 Å². The summed E-state index contributed by atoms with van der Waals surface area (Å²) < 4.78 is 1.63. The third kappa shape index (κ3) is 4.74. The lowest BCUT2D eigenvalue weighted by Crippen LogP contribution is -2.28. The first-order valence-corrected chi connectivity index (χ1v) is 6.32. The number of nitrogens with zero attached hydrogens (tertiary/aromatic N) is 1. The van der Waals surface area contributed by atoms with Crippen LogP contribution in [0.15, 0.2) is 32.3 Å². The standard InChI is InChI=1S/C10H11Br2N3O2/c11-7-3-6(4-8(12)5-7)10(16)14-2-1-9(13)15-17/h3-5,17H,1-2H2,(H2,13,15)(H,14,16). The molecule has 92 valence electrons. The van der Waals surface area contributed by atoms with Crippen LogP contribution in [-0.4, -0.2) is 23.5 Å². The highest BCUT2D eigenvalue weighted by Gasteiger charge is 2.07. The molecule has 0 saturated heterocycles. The Labute approximate surface area is 115 Å². The van der Waals surface area contributed by atoms with E-state index in [2.05, 4.69) is 42.3 Å². The molecule has 0 fully saturated rings. The van der Waals surface area contributed by atoms with Gasteiger partial charge < -0.3 is 16.3 Å². The van der Waals surface area contributed by atoms with Crippen LogP contribution in [0.4, 0.5) is 0 Å². The van der Waals surface area contributed by atoms with Crippen LogP contribution < -0.4 is 11.1 Å². The number of carbonyl (C=O) groups excluding carboxylic acids is 1. The first-order chi connectivity index (χ1) is 8.02. The molecule has 1 aromatic rings. The Kier molecular flexibility index (Phi) is 5.43. The van der Waals surface area contributed by atoms with Crippen LogP contribution in [0.5, 0.6) is 0 Å². The summed E-state index contributed by atoms with van der Waals surface area (Å²) in [5.74, 6) is -0.126. The molecule has 0 unspecified atom stereocenters. The van der Waals surface area contributed by atoms with Crippen molar-refractivity contribution in [1.82, 2.24) is 5.32 Å². The zero-order chi connectivity index (χ0) is 12.8. The quantitative estimate of drug-likeness (QED) is 0.331. The first-order valence-electron chi connectivity index (χ1n) is 4.73. The minimum absolute atomic E-state index is 0.0840. The first kappa shape index (κ1) is 14.0. The molecule has 0 radical (unpaired) electrons. The van der Waals surface area contributed by atoms with Gasteiger partial charge in [0.05, 0.1) is 0 Å². The molecule has 0 aliphatic carbocycles. The van der Waals surface area contributed by atoms with Crippen molar-refractivity contribution in [3.05, 3.63) is 32.7 Å². The third-order valence-corrected chi connectivity index (χ3v) is 2.84. The van der Waals surface area contributed by atoms with Gasteiger partial charge in [-0.3, -0.25) is 4.79 Å². The van der Waals surface area contributed by atoms with E-state index in [9.17, 15) is 4.79 Å². The maximum Gasteiger partial charge on any atom is 0.251 e. The van der Waals surface area contributed by atoms with E-state index < -0.39 is 0 Å². The summed E-state index contributed by atoms with van der Waals surface area (Å²) in [5.41, 5.74) is 5.81. The molecule has 0 aromatic heterocycles. The molecule has 7 heteroatoms. The second kappa shape index (κ2) is 6.61. The predicted molar refractivity (Wildman–Crippen MR) is 72.2 cm³/mol. The monoisotopic (exact) mass is 363 g/mol. The van der Waals surface area contributed by atoms with Gasteiger partial charge in [-0.2, -0.15) is 0 Å². The molecule has 0 bridgehead atoms. The molecule has 4 N–H and O–H groups in total. The maximum absolute atomic E-state index is 11.7. The Morgan fingerprint density at radius 2 is 1.94 bits per heavy atom. The summed E-state index contributed by atoms with van der Waals surface area (Å²) in [6.45, 7) is 0.318. The fourth-order valence-electron chi connectivity index (χ4n) is 1.14. The minimum Gasteiger partial charge on any atom is -0.409 e. The van der Waals surface area contributed by atoms with Crippen LogP contribution in [0.1, 0.15) is 16.8 Å². The van der Waals surface area contributed by atoms with E-state index in [0.717, 1.165) is 8.95 Å². The molecule has 0 saturated carbocycles. The van der Waals surface area contributed by atoms with Gasteiger partial charge in [0.25, 0.3) is 5.91 Å². The topological polar surface area (TPSA) is 87.7 Å². The number of nitrogens with one attached hydrogen (secondary N) is 1. The number of halogens is 2. The summed E-state index contributed by atoms with van der Waals surface area (Å²) in [6.07, 6.45) is 0.303. The van der Waals surface area contributed by atoms with Gasteiger partial charge in [0.15, 0.2) is 0 Å². The maximum atomic E-state index is 11.7. The van der Waals surface area contributed by atoms with Gasteiger partial charge in [0.2, 0.25) is 0 Å². The number of rotatable bonds is 4. The van der Waals surface area contributed by atoms with Crippen LogP contribution >= 0.6 is 31.9 Å². The number of oxime groups is 1. The number of hydrogen-bond donors (Lipinski definition) is 3. The van der Waals surface area contributed by atoms with E-state index in [1.165, 1.54) is 0 Å². The van der Waals surface area contributed by atoms with E-state index in [0.29, 0.717) is 18.5 Å². The van der Waals surface area contributed by atoms with Crippen LogP contribution in [0.3, 0.4) is 0 Å². The summed E-state index contributed by atoms with van der Waals surface area (Å²) in [7, 11) is 0. The number of benzene rings is 1. The van der Waals surface area contributed by atoms with E-state index >= 15 is 0 Å². The van der Waals surface area contributed by atoms with Crippen molar-refractivity contribution < 1.29 is 10.0 Å². The largest absolute Gasteiger partial charge is 0.409 e. The second-order valence-electron chi connectivity index (χ2n) is 3.26. The average molecular weight is 365 g/mol. The zero-order valence-corrected chi connectivity index (χ0v) is 12.0. The normalized spacial score (nSPS) is 11.3. The summed E-state index contributed by atoms with van der Waals surface area (Å²) in [5, 5.41) is 13.8.